The minimum absolute atomic E-state index is 0.112. The molecule has 0 saturated carbocycles. The van der Waals surface area contributed by atoms with E-state index in [1.165, 1.54) is 30.9 Å². The van der Waals surface area contributed by atoms with Gasteiger partial charge in [-0.25, -0.2) is 20.1 Å². The lowest BCUT2D eigenvalue weighted by atomic mass is 10.1. The summed E-state index contributed by atoms with van der Waals surface area (Å²) in [5.74, 6) is 0.585. The van der Waals surface area contributed by atoms with E-state index in [1.54, 1.807) is 4.57 Å². The van der Waals surface area contributed by atoms with Crippen LogP contribution in [0.15, 0.2) is 36.9 Å². The highest BCUT2D eigenvalue weighted by molar-refractivity contribution is 7.84. The summed E-state index contributed by atoms with van der Waals surface area (Å²) in [6, 6.07) is 8.41. The molecule has 3 heterocycles. The van der Waals surface area contributed by atoms with Gasteiger partial charge >= 0.3 is 10.3 Å². The molecule has 4 N–H and O–H groups in total. The summed E-state index contributed by atoms with van der Waals surface area (Å²) >= 11 is 0. The predicted octanol–water partition coefficient (Wildman–Crippen LogP) is 0.419. The number of rotatable bonds is 7. The number of hydrogen-bond acceptors (Lipinski definition) is 10. The second-order valence-corrected chi connectivity index (χ2v) is 9.24. The fraction of sp³-hybridized carbons (Fsp3) is 0.450. The molecular weight excluding hydrogens is 452 g/mol. The van der Waals surface area contributed by atoms with Crippen molar-refractivity contribution in [3.05, 3.63) is 48.0 Å². The third-order valence-electron chi connectivity index (χ3n) is 6.06. The molecule has 0 bridgehead atoms. The summed E-state index contributed by atoms with van der Waals surface area (Å²) in [7, 11) is -2.76. The number of hydrogen-bond donors (Lipinski definition) is 3. The van der Waals surface area contributed by atoms with Crippen LogP contribution >= 0.6 is 0 Å². The molecule has 5 rings (SSSR count). The topological polar surface area (TPSA) is 164 Å². The van der Waals surface area contributed by atoms with Crippen molar-refractivity contribution in [3.63, 3.8) is 0 Å². The zero-order chi connectivity index (χ0) is 23.2. The fourth-order valence-electron chi connectivity index (χ4n) is 4.51. The van der Waals surface area contributed by atoms with Gasteiger partial charge in [0.05, 0.1) is 19.0 Å². The highest BCUT2D eigenvalue weighted by atomic mass is 32.2. The van der Waals surface area contributed by atoms with Gasteiger partial charge in [-0.1, -0.05) is 24.3 Å². The maximum absolute atomic E-state index is 11.1. The van der Waals surface area contributed by atoms with Crippen molar-refractivity contribution in [2.75, 3.05) is 19.0 Å². The Morgan fingerprint density at radius 1 is 1.30 bits per heavy atom. The summed E-state index contributed by atoms with van der Waals surface area (Å²) in [6.45, 7) is -0.453. The molecule has 1 fully saturated rings. The number of aliphatic hydroxyl groups is 1. The van der Waals surface area contributed by atoms with Crippen LogP contribution in [0.5, 0.6) is 0 Å². The molecule has 1 aromatic carbocycles. The first kappa shape index (κ1) is 22.1. The third-order valence-corrected chi connectivity index (χ3v) is 6.52. The molecule has 0 spiro atoms. The molecule has 5 atom stereocenters. The van der Waals surface area contributed by atoms with Gasteiger partial charge in [-0.05, 0) is 24.0 Å². The van der Waals surface area contributed by atoms with Gasteiger partial charge < -0.3 is 19.9 Å². The van der Waals surface area contributed by atoms with Gasteiger partial charge in [-0.3, -0.25) is 8.75 Å². The molecule has 0 radical (unpaired) electrons. The van der Waals surface area contributed by atoms with Crippen LogP contribution in [0.1, 0.15) is 29.8 Å². The summed E-state index contributed by atoms with van der Waals surface area (Å²) in [6.07, 6.45) is 1.11. The fourth-order valence-corrected chi connectivity index (χ4v) is 4.84. The number of nitrogens with two attached hydrogens (primary N) is 1. The number of aryl methyl sites for hydroxylation is 1. The number of imidazole rings is 1. The second kappa shape index (κ2) is 8.59. The van der Waals surface area contributed by atoms with Crippen LogP contribution in [0.25, 0.3) is 11.2 Å². The van der Waals surface area contributed by atoms with Crippen LogP contribution in [0, 0.1) is 0 Å². The van der Waals surface area contributed by atoms with Crippen molar-refractivity contribution in [2.24, 2.45) is 5.14 Å². The van der Waals surface area contributed by atoms with Crippen molar-refractivity contribution in [1.29, 1.82) is 0 Å². The Labute approximate surface area is 190 Å². The predicted molar refractivity (Wildman–Crippen MR) is 116 cm³/mol. The van der Waals surface area contributed by atoms with Crippen molar-refractivity contribution < 1.29 is 27.2 Å². The number of methoxy groups -OCH3 is 1. The monoisotopic (exact) mass is 476 g/mol. The Bertz CT molecular complexity index is 1270. The van der Waals surface area contributed by atoms with Crippen LogP contribution in [0.2, 0.25) is 0 Å². The lowest BCUT2D eigenvalue weighted by Crippen LogP contribution is -2.36. The molecule has 1 saturated heterocycles. The van der Waals surface area contributed by atoms with Gasteiger partial charge in [0.15, 0.2) is 23.2 Å². The number of aliphatic hydroxyl groups excluding tert-OH is 1. The molecule has 3 aromatic rings. The summed E-state index contributed by atoms with van der Waals surface area (Å²) in [4.78, 5) is 13.2. The molecule has 1 aliphatic heterocycles. The number of ether oxygens (including phenoxy) is 2. The van der Waals surface area contributed by atoms with E-state index in [0.717, 1.165) is 12.8 Å². The van der Waals surface area contributed by atoms with E-state index >= 15 is 0 Å². The highest BCUT2D eigenvalue weighted by Crippen LogP contribution is 2.36. The number of fused-ring (bicyclic) bond motifs is 2. The lowest BCUT2D eigenvalue weighted by Gasteiger charge is -2.20. The van der Waals surface area contributed by atoms with Crippen molar-refractivity contribution in [3.8, 4) is 0 Å². The van der Waals surface area contributed by atoms with E-state index in [1.807, 2.05) is 12.1 Å². The molecule has 2 aromatic heterocycles. The first-order chi connectivity index (χ1) is 15.9. The van der Waals surface area contributed by atoms with E-state index in [9.17, 15) is 13.5 Å². The molecule has 0 amide bonds. The van der Waals surface area contributed by atoms with Crippen molar-refractivity contribution >= 4 is 27.3 Å². The Morgan fingerprint density at radius 2 is 2.12 bits per heavy atom. The zero-order valence-corrected chi connectivity index (χ0v) is 18.6. The zero-order valence-electron chi connectivity index (χ0n) is 17.7. The molecule has 13 heteroatoms. The second-order valence-electron chi connectivity index (χ2n) is 8.01. The van der Waals surface area contributed by atoms with Crippen molar-refractivity contribution in [1.82, 2.24) is 19.5 Å². The average molecular weight is 477 g/mol. The Balaban J connectivity index is 1.42. The Kier molecular flexibility index (Phi) is 5.76. The van der Waals surface area contributed by atoms with E-state index < -0.39 is 41.5 Å². The van der Waals surface area contributed by atoms with Crippen LogP contribution < -0.4 is 10.5 Å². The van der Waals surface area contributed by atoms with Crippen LogP contribution in [-0.4, -0.2) is 65.1 Å². The third kappa shape index (κ3) is 4.18. The van der Waals surface area contributed by atoms with Crippen molar-refractivity contribution in [2.45, 2.75) is 43.4 Å². The molecule has 176 valence electrons. The Hall–Kier alpha value is -2.68. The first-order valence-electron chi connectivity index (χ1n) is 10.4. The summed E-state index contributed by atoms with van der Waals surface area (Å²) < 4.78 is 39.8. The van der Waals surface area contributed by atoms with Gasteiger partial charge in [0.1, 0.15) is 24.6 Å². The SMILES string of the molecule is CO[C@@H]1[C@@H](O)[C@@H](COS(N)(=O)=O)O[C@H]1n1cnc2c(N[C@H]3CCc4ccccc43)ncnc21. The van der Waals surface area contributed by atoms with Gasteiger partial charge in [0.25, 0.3) is 0 Å². The highest BCUT2D eigenvalue weighted by Gasteiger charge is 2.46. The quantitative estimate of drug-likeness (QED) is 0.435. The van der Waals surface area contributed by atoms with Gasteiger partial charge in [0.2, 0.25) is 0 Å². The van der Waals surface area contributed by atoms with Crippen LogP contribution in [0.4, 0.5) is 5.82 Å². The maximum Gasteiger partial charge on any atom is 0.333 e. The van der Waals surface area contributed by atoms with Gasteiger partial charge in [-0.2, -0.15) is 8.42 Å². The summed E-state index contributed by atoms with van der Waals surface area (Å²) in [5, 5.41) is 18.9. The largest absolute Gasteiger partial charge is 0.387 e. The van der Waals surface area contributed by atoms with Crippen LogP contribution in [-0.2, 0) is 30.4 Å². The average Bonchev–Trinajstić information content (AvgIpc) is 3.48. The smallest absolute Gasteiger partial charge is 0.333 e. The number of nitrogens with zero attached hydrogens (tertiary/aromatic N) is 4. The normalized spacial score (nSPS) is 27.2. The van der Waals surface area contributed by atoms with Gasteiger partial charge in [-0.15, -0.1) is 0 Å². The summed E-state index contributed by atoms with van der Waals surface area (Å²) in [5.41, 5.74) is 3.57. The van der Waals surface area contributed by atoms with E-state index in [0.29, 0.717) is 17.0 Å². The molecule has 0 unspecified atom stereocenters. The number of aromatic nitrogens is 4. The van der Waals surface area contributed by atoms with Crippen LogP contribution in [0.3, 0.4) is 0 Å². The maximum atomic E-state index is 11.1. The van der Waals surface area contributed by atoms with E-state index in [2.05, 4.69) is 36.6 Å². The van der Waals surface area contributed by atoms with E-state index in [-0.39, 0.29) is 6.04 Å². The minimum Gasteiger partial charge on any atom is -0.387 e. The molecule has 12 nitrogen and oxygen atoms in total. The first-order valence-corrected chi connectivity index (χ1v) is 11.9. The lowest BCUT2D eigenvalue weighted by molar-refractivity contribution is -0.0556. The molecule has 2 aliphatic rings. The molecular formula is C20H24N6O6S. The minimum atomic E-state index is -4.18. The molecule has 33 heavy (non-hydrogen) atoms. The number of anilines is 1. The Morgan fingerprint density at radius 3 is 2.91 bits per heavy atom. The molecule has 1 aliphatic carbocycles. The number of benzene rings is 1. The van der Waals surface area contributed by atoms with E-state index in [4.69, 9.17) is 14.6 Å². The number of nitrogens with one attached hydrogen (secondary N) is 1. The van der Waals surface area contributed by atoms with Gasteiger partial charge in [0, 0.05) is 7.11 Å². The standard InChI is InChI=1S/C20H24N6O6S/c1-30-17-16(27)14(8-31-33(21,28)29)32-20(17)26-10-24-15-18(22-9-23-19(15)26)25-13-7-6-11-4-2-3-5-12(11)13/h2-5,9-10,13-14,16-17,20,27H,6-8H2,1H3,(H2,21,28,29)(H,22,23,25)/t13-,14+,16-,17+,20+/m0/s1.